The fourth-order valence-electron chi connectivity index (χ4n) is 2.33. The van der Waals surface area contributed by atoms with Crippen LogP contribution in [-0.4, -0.2) is 24.5 Å². The van der Waals surface area contributed by atoms with Gasteiger partial charge in [0.1, 0.15) is 5.82 Å². The molecule has 1 saturated heterocycles. The van der Waals surface area contributed by atoms with Crippen molar-refractivity contribution in [3.63, 3.8) is 0 Å². The minimum Gasteiger partial charge on any atom is -0.329 e. The van der Waals surface area contributed by atoms with E-state index < -0.39 is 0 Å². The third-order valence-corrected chi connectivity index (χ3v) is 3.47. The lowest BCUT2D eigenvalue weighted by Gasteiger charge is -2.27. The second-order valence-electron chi connectivity index (χ2n) is 4.13. The van der Waals surface area contributed by atoms with E-state index in [0.29, 0.717) is 17.1 Å². The third-order valence-electron chi connectivity index (χ3n) is 3.14. The van der Waals surface area contributed by atoms with E-state index >= 15 is 0 Å². The Kier molecular flexibility index (Phi) is 3.79. The van der Waals surface area contributed by atoms with Crippen LogP contribution < -0.4 is 5.73 Å². The Labute approximate surface area is 100 Å². The van der Waals surface area contributed by atoms with Crippen molar-refractivity contribution in [2.24, 2.45) is 5.73 Å². The lowest BCUT2D eigenvalue weighted by atomic mass is 10.0. The van der Waals surface area contributed by atoms with E-state index in [4.69, 9.17) is 17.3 Å². The maximum absolute atomic E-state index is 13.8. The van der Waals surface area contributed by atoms with E-state index in [1.165, 1.54) is 6.07 Å². The molecule has 0 spiro atoms. The Hall–Kier alpha value is -0.640. The Balaban J connectivity index is 2.32. The van der Waals surface area contributed by atoms with Gasteiger partial charge in [-0.2, -0.15) is 0 Å². The first kappa shape index (κ1) is 11.8. The van der Waals surface area contributed by atoms with Crippen molar-refractivity contribution in [3.05, 3.63) is 34.6 Å². The molecule has 1 aliphatic heterocycles. The first-order valence-corrected chi connectivity index (χ1v) is 6.00. The van der Waals surface area contributed by atoms with Crippen molar-refractivity contribution >= 4 is 11.6 Å². The van der Waals surface area contributed by atoms with Crippen LogP contribution in [-0.2, 0) is 0 Å². The van der Waals surface area contributed by atoms with Crippen LogP contribution in [0.25, 0.3) is 0 Å². The smallest absolute Gasteiger partial charge is 0.129 e. The van der Waals surface area contributed by atoms with Crippen molar-refractivity contribution in [1.82, 2.24) is 4.90 Å². The molecule has 1 atom stereocenters. The van der Waals surface area contributed by atoms with E-state index in [0.717, 1.165) is 25.9 Å². The number of benzene rings is 1. The van der Waals surface area contributed by atoms with Gasteiger partial charge in [-0.25, -0.2) is 4.39 Å². The summed E-state index contributed by atoms with van der Waals surface area (Å²) in [5, 5.41) is 0.474. The molecule has 1 heterocycles. The summed E-state index contributed by atoms with van der Waals surface area (Å²) in [6, 6.07) is 4.70. The molecule has 0 saturated carbocycles. The fraction of sp³-hybridized carbons (Fsp3) is 0.500. The summed E-state index contributed by atoms with van der Waals surface area (Å²) in [4.78, 5) is 2.21. The van der Waals surface area contributed by atoms with Gasteiger partial charge in [-0.05, 0) is 38.1 Å². The molecule has 1 aliphatic rings. The van der Waals surface area contributed by atoms with Gasteiger partial charge in [-0.1, -0.05) is 17.7 Å². The quantitative estimate of drug-likeness (QED) is 0.883. The summed E-state index contributed by atoms with van der Waals surface area (Å²) in [6.07, 6.45) is 2.31. The molecule has 0 bridgehead atoms. The zero-order valence-corrected chi connectivity index (χ0v) is 9.88. The molecule has 2 nitrogen and oxygen atoms in total. The van der Waals surface area contributed by atoms with Gasteiger partial charge in [0, 0.05) is 17.1 Å². The van der Waals surface area contributed by atoms with Crippen LogP contribution in [0.15, 0.2) is 18.2 Å². The Morgan fingerprint density at radius 1 is 1.38 bits per heavy atom. The summed E-state index contributed by atoms with van der Waals surface area (Å²) >= 11 is 6.06. The number of halogens is 2. The van der Waals surface area contributed by atoms with E-state index in [-0.39, 0.29) is 11.9 Å². The maximum Gasteiger partial charge on any atom is 0.129 e. The third kappa shape index (κ3) is 2.21. The van der Waals surface area contributed by atoms with Crippen LogP contribution >= 0.6 is 11.6 Å². The molecule has 0 unspecified atom stereocenters. The van der Waals surface area contributed by atoms with E-state index in [9.17, 15) is 4.39 Å². The molecule has 1 aromatic rings. The number of nitrogens with two attached hydrogens (primary N) is 1. The molecule has 2 rings (SSSR count). The predicted octanol–water partition coefficient (Wildman–Crippen LogP) is 2.57. The molecule has 0 radical (unpaired) electrons. The zero-order chi connectivity index (χ0) is 11.5. The summed E-state index contributed by atoms with van der Waals surface area (Å²) in [5.41, 5.74) is 6.31. The highest BCUT2D eigenvalue weighted by Crippen LogP contribution is 2.31. The van der Waals surface area contributed by atoms with Gasteiger partial charge in [-0.15, -0.1) is 0 Å². The van der Waals surface area contributed by atoms with Crippen LogP contribution in [0.5, 0.6) is 0 Å². The van der Waals surface area contributed by atoms with Crippen molar-refractivity contribution in [2.45, 2.75) is 18.9 Å². The molecule has 1 fully saturated rings. The molecule has 2 N–H and O–H groups in total. The van der Waals surface area contributed by atoms with Crippen LogP contribution in [0.3, 0.4) is 0 Å². The summed E-state index contributed by atoms with van der Waals surface area (Å²) in [6.45, 7) is 2.36. The number of likely N-dealkylation sites (tertiary alicyclic amines) is 1. The summed E-state index contributed by atoms with van der Waals surface area (Å²) in [5.74, 6) is -0.255. The van der Waals surface area contributed by atoms with Crippen LogP contribution in [0, 0.1) is 5.82 Å². The second-order valence-corrected chi connectivity index (χ2v) is 4.54. The number of hydrogen-bond acceptors (Lipinski definition) is 2. The molecular formula is C12H16ClFN2. The molecule has 1 aromatic carbocycles. The van der Waals surface area contributed by atoms with Gasteiger partial charge >= 0.3 is 0 Å². The average molecular weight is 243 g/mol. The average Bonchev–Trinajstić information content (AvgIpc) is 2.77. The number of nitrogens with zero attached hydrogens (tertiary/aromatic N) is 1. The Morgan fingerprint density at radius 2 is 2.06 bits per heavy atom. The maximum atomic E-state index is 13.8. The lowest BCUT2D eigenvalue weighted by molar-refractivity contribution is 0.246. The van der Waals surface area contributed by atoms with Crippen LogP contribution in [0.1, 0.15) is 24.4 Å². The van der Waals surface area contributed by atoms with Crippen molar-refractivity contribution in [2.75, 3.05) is 19.6 Å². The highest BCUT2D eigenvalue weighted by Gasteiger charge is 2.26. The van der Waals surface area contributed by atoms with Gasteiger partial charge in [0.25, 0.3) is 0 Å². The molecule has 4 heteroatoms. The molecular weight excluding hydrogens is 227 g/mol. The second kappa shape index (κ2) is 5.13. The van der Waals surface area contributed by atoms with E-state index in [1.807, 2.05) is 0 Å². The first-order valence-electron chi connectivity index (χ1n) is 5.62. The van der Waals surface area contributed by atoms with Crippen LogP contribution in [0.4, 0.5) is 4.39 Å². The normalized spacial score (nSPS) is 18.9. The van der Waals surface area contributed by atoms with Gasteiger partial charge in [0.2, 0.25) is 0 Å². The van der Waals surface area contributed by atoms with Gasteiger partial charge in [0.05, 0.1) is 6.04 Å². The van der Waals surface area contributed by atoms with Gasteiger partial charge in [-0.3, -0.25) is 4.90 Å². The monoisotopic (exact) mass is 242 g/mol. The standard InChI is InChI=1S/C12H16ClFN2/c13-9-4-3-5-10(14)12(9)11(8-15)16-6-1-2-7-16/h3-5,11H,1-2,6-8,15H2/t11-/m0/s1. The minimum atomic E-state index is -0.255. The van der Waals surface area contributed by atoms with E-state index in [2.05, 4.69) is 4.90 Å². The largest absolute Gasteiger partial charge is 0.329 e. The number of hydrogen-bond donors (Lipinski definition) is 1. The first-order chi connectivity index (χ1) is 7.74. The van der Waals surface area contributed by atoms with Crippen LogP contribution in [0.2, 0.25) is 5.02 Å². The molecule has 88 valence electrons. The zero-order valence-electron chi connectivity index (χ0n) is 9.13. The lowest BCUT2D eigenvalue weighted by Crippen LogP contribution is -2.32. The van der Waals surface area contributed by atoms with Crippen molar-refractivity contribution < 1.29 is 4.39 Å². The minimum absolute atomic E-state index is 0.0869. The fourth-order valence-corrected chi connectivity index (χ4v) is 2.62. The molecule has 0 aliphatic carbocycles. The molecule has 0 amide bonds. The van der Waals surface area contributed by atoms with Gasteiger partial charge in [0.15, 0.2) is 0 Å². The Morgan fingerprint density at radius 3 is 2.62 bits per heavy atom. The number of rotatable bonds is 3. The van der Waals surface area contributed by atoms with Crippen molar-refractivity contribution in [1.29, 1.82) is 0 Å². The van der Waals surface area contributed by atoms with Crippen molar-refractivity contribution in [3.8, 4) is 0 Å². The van der Waals surface area contributed by atoms with E-state index in [1.54, 1.807) is 12.1 Å². The topological polar surface area (TPSA) is 29.3 Å². The highest BCUT2D eigenvalue weighted by molar-refractivity contribution is 6.31. The Bertz CT molecular complexity index is 344. The summed E-state index contributed by atoms with van der Waals surface area (Å²) in [7, 11) is 0. The SMILES string of the molecule is NC[C@@H](c1c(F)cccc1Cl)N1CCCC1. The predicted molar refractivity (Wildman–Crippen MR) is 64.0 cm³/mol. The highest BCUT2D eigenvalue weighted by atomic mass is 35.5. The summed E-state index contributed by atoms with van der Waals surface area (Å²) < 4.78 is 13.8. The molecule has 0 aromatic heterocycles. The molecule has 16 heavy (non-hydrogen) atoms. The van der Waals surface area contributed by atoms with Gasteiger partial charge < -0.3 is 5.73 Å².